The van der Waals surface area contributed by atoms with Gasteiger partial charge in [-0.15, -0.1) is 0 Å². The zero-order valence-corrected chi connectivity index (χ0v) is 22.8. The predicted octanol–water partition coefficient (Wildman–Crippen LogP) is 5.88. The van der Waals surface area contributed by atoms with Crippen LogP contribution in [0.5, 0.6) is 5.88 Å². The van der Waals surface area contributed by atoms with Gasteiger partial charge < -0.3 is 5.11 Å². The summed E-state index contributed by atoms with van der Waals surface area (Å²) in [5.74, 6) is -0.370. The average molecular weight is 532 g/mol. The third-order valence-electron chi connectivity index (χ3n) is 6.66. The molecule has 2 aromatic heterocycles. The minimum absolute atomic E-state index is 0.0888. The van der Waals surface area contributed by atoms with Gasteiger partial charge in [-0.05, 0) is 54.7 Å². The smallest absolute Gasteiger partial charge is 0.277 e. The molecule has 0 aliphatic rings. The molecule has 0 amide bonds. The SMILES string of the molecule is CCCCCc1nc(O)c(S(=O)(=O)c2ccc(-c3cncc(C)c3)cc2)c(=O)n1[C@@H](CC)c1ccccc1. The van der Waals surface area contributed by atoms with Crippen molar-refractivity contribution in [1.82, 2.24) is 14.5 Å². The van der Waals surface area contributed by atoms with Gasteiger partial charge in [0.15, 0.2) is 4.90 Å². The molecule has 0 saturated carbocycles. The molecule has 0 saturated heterocycles. The molecule has 1 N–H and O–H groups in total. The number of nitrogens with zero attached hydrogens (tertiary/aromatic N) is 3. The Morgan fingerprint density at radius 2 is 1.66 bits per heavy atom. The van der Waals surface area contributed by atoms with Gasteiger partial charge in [-0.25, -0.2) is 8.42 Å². The summed E-state index contributed by atoms with van der Waals surface area (Å²) in [6.45, 7) is 5.95. The first-order valence-electron chi connectivity index (χ1n) is 12.9. The van der Waals surface area contributed by atoms with Gasteiger partial charge in [0, 0.05) is 24.4 Å². The largest absolute Gasteiger partial charge is 0.492 e. The molecule has 38 heavy (non-hydrogen) atoms. The van der Waals surface area contributed by atoms with Crippen molar-refractivity contribution in [3.05, 3.63) is 100 Å². The summed E-state index contributed by atoms with van der Waals surface area (Å²) < 4.78 is 28.9. The molecule has 4 rings (SSSR count). The van der Waals surface area contributed by atoms with Gasteiger partial charge in [-0.1, -0.05) is 69.2 Å². The van der Waals surface area contributed by atoms with Crippen LogP contribution in [0.4, 0.5) is 0 Å². The lowest BCUT2D eigenvalue weighted by atomic mass is 10.0. The second kappa shape index (κ2) is 11.7. The molecule has 0 radical (unpaired) electrons. The van der Waals surface area contributed by atoms with E-state index in [9.17, 15) is 18.3 Å². The summed E-state index contributed by atoms with van der Waals surface area (Å²) >= 11 is 0. The van der Waals surface area contributed by atoms with Crippen molar-refractivity contribution >= 4 is 9.84 Å². The Hall–Kier alpha value is -3.78. The van der Waals surface area contributed by atoms with Gasteiger partial charge in [0.05, 0.1) is 10.9 Å². The molecular weight excluding hydrogens is 498 g/mol. The fourth-order valence-corrected chi connectivity index (χ4v) is 6.06. The number of aromatic hydroxyl groups is 1. The van der Waals surface area contributed by atoms with Crippen LogP contribution in [0.1, 0.15) is 62.5 Å². The van der Waals surface area contributed by atoms with Crippen LogP contribution in [0.15, 0.2) is 87.6 Å². The number of sulfone groups is 1. The molecule has 0 aliphatic heterocycles. The summed E-state index contributed by atoms with van der Waals surface area (Å²) in [5.41, 5.74) is 2.75. The molecule has 7 nitrogen and oxygen atoms in total. The van der Waals surface area contributed by atoms with Gasteiger partial charge in [0.2, 0.25) is 15.7 Å². The number of rotatable bonds is 10. The van der Waals surface area contributed by atoms with Crippen LogP contribution in [0.3, 0.4) is 0 Å². The Morgan fingerprint density at radius 3 is 2.29 bits per heavy atom. The third-order valence-corrected chi connectivity index (χ3v) is 8.44. The molecule has 0 fully saturated rings. The van der Waals surface area contributed by atoms with E-state index in [0.717, 1.165) is 41.5 Å². The number of hydrogen-bond donors (Lipinski definition) is 1. The molecule has 8 heteroatoms. The number of pyridine rings is 1. The van der Waals surface area contributed by atoms with Crippen molar-refractivity contribution < 1.29 is 13.5 Å². The maximum Gasteiger partial charge on any atom is 0.277 e. The van der Waals surface area contributed by atoms with Crippen molar-refractivity contribution in [2.45, 2.75) is 68.7 Å². The minimum Gasteiger partial charge on any atom is -0.492 e. The van der Waals surface area contributed by atoms with Crippen molar-refractivity contribution in [3.8, 4) is 17.0 Å². The highest BCUT2D eigenvalue weighted by atomic mass is 32.2. The number of aromatic nitrogens is 3. The van der Waals surface area contributed by atoms with Crippen LogP contribution in [-0.4, -0.2) is 28.1 Å². The second-order valence-corrected chi connectivity index (χ2v) is 11.3. The van der Waals surface area contributed by atoms with E-state index < -0.39 is 32.2 Å². The van der Waals surface area contributed by atoms with Crippen molar-refractivity contribution in [2.75, 3.05) is 0 Å². The van der Waals surface area contributed by atoms with E-state index in [4.69, 9.17) is 0 Å². The zero-order valence-electron chi connectivity index (χ0n) is 22.0. The van der Waals surface area contributed by atoms with Crippen LogP contribution >= 0.6 is 0 Å². The Balaban J connectivity index is 1.84. The van der Waals surface area contributed by atoms with Crippen LogP contribution in [0, 0.1) is 6.92 Å². The maximum atomic E-state index is 13.9. The lowest BCUT2D eigenvalue weighted by molar-refractivity contribution is 0.406. The highest BCUT2D eigenvalue weighted by Crippen LogP contribution is 2.30. The lowest BCUT2D eigenvalue weighted by Crippen LogP contribution is -2.33. The van der Waals surface area contributed by atoms with Gasteiger partial charge in [0.1, 0.15) is 5.82 Å². The van der Waals surface area contributed by atoms with Crippen molar-refractivity contribution in [3.63, 3.8) is 0 Å². The molecule has 0 unspecified atom stereocenters. The lowest BCUT2D eigenvalue weighted by Gasteiger charge is -2.23. The standard InChI is InChI=1S/C30H33N3O4S/c1-4-6-8-13-27-32-29(34)28(30(35)33(27)26(5-2)23-11-9-7-10-12-23)38(36,37)25-16-14-22(15-17-25)24-18-21(3)19-31-20-24/h7,9-12,14-20,26,34H,4-6,8,13H2,1-3H3/t26-/m0/s1. The van der Waals surface area contributed by atoms with E-state index >= 15 is 0 Å². The highest BCUT2D eigenvalue weighted by molar-refractivity contribution is 7.91. The zero-order chi connectivity index (χ0) is 27.3. The fourth-order valence-electron chi connectivity index (χ4n) is 4.71. The van der Waals surface area contributed by atoms with Crippen LogP contribution in [0.2, 0.25) is 0 Å². The van der Waals surface area contributed by atoms with E-state index in [1.54, 1.807) is 24.5 Å². The number of hydrogen-bond acceptors (Lipinski definition) is 6. The number of aryl methyl sites for hydroxylation is 2. The molecule has 0 spiro atoms. The van der Waals surface area contributed by atoms with Crippen LogP contribution in [0.25, 0.3) is 11.1 Å². The Kier molecular flexibility index (Phi) is 8.42. The van der Waals surface area contributed by atoms with Gasteiger partial charge >= 0.3 is 0 Å². The fraction of sp³-hybridized carbons (Fsp3) is 0.300. The predicted molar refractivity (Wildman–Crippen MR) is 148 cm³/mol. The topological polar surface area (TPSA) is 102 Å². The first-order chi connectivity index (χ1) is 18.3. The molecule has 2 aromatic carbocycles. The third kappa shape index (κ3) is 5.55. The molecule has 2 heterocycles. The molecule has 0 aliphatic carbocycles. The maximum absolute atomic E-state index is 13.9. The normalized spacial score (nSPS) is 12.4. The van der Waals surface area contributed by atoms with Crippen molar-refractivity contribution in [1.29, 1.82) is 0 Å². The summed E-state index contributed by atoms with van der Waals surface area (Å²) in [5, 5.41) is 10.8. The van der Waals surface area contributed by atoms with Gasteiger partial charge in [-0.3, -0.25) is 14.3 Å². The molecule has 4 aromatic rings. The summed E-state index contributed by atoms with van der Waals surface area (Å²) in [6.07, 6.45) is 7.14. The molecule has 1 atom stereocenters. The Labute approximate surface area is 223 Å². The Morgan fingerprint density at radius 1 is 0.947 bits per heavy atom. The Bertz CT molecular complexity index is 1560. The van der Waals surface area contributed by atoms with E-state index in [0.29, 0.717) is 18.7 Å². The first kappa shape index (κ1) is 27.3. The first-order valence-corrected chi connectivity index (χ1v) is 14.4. The molecule has 0 bridgehead atoms. The second-order valence-electron chi connectivity index (χ2n) is 9.43. The van der Waals surface area contributed by atoms with E-state index in [1.807, 2.05) is 50.2 Å². The number of benzene rings is 2. The van der Waals surface area contributed by atoms with Gasteiger partial charge in [0.25, 0.3) is 5.56 Å². The summed E-state index contributed by atoms with van der Waals surface area (Å²) in [6, 6.07) is 17.3. The van der Waals surface area contributed by atoms with E-state index in [1.165, 1.54) is 16.7 Å². The van der Waals surface area contributed by atoms with Crippen LogP contribution < -0.4 is 5.56 Å². The van der Waals surface area contributed by atoms with Gasteiger partial charge in [-0.2, -0.15) is 4.98 Å². The minimum atomic E-state index is -4.36. The highest BCUT2D eigenvalue weighted by Gasteiger charge is 2.31. The molecule has 198 valence electrons. The monoisotopic (exact) mass is 531 g/mol. The molecular formula is C30H33N3O4S. The quantitative estimate of drug-likeness (QED) is 0.256. The van der Waals surface area contributed by atoms with E-state index in [-0.39, 0.29) is 4.90 Å². The number of unbranched alkanes of at least 4 members (excludes halogenated alkanes) is 2. The average Bonchev–Trinajstić information content (AvgIpc) is 2.91. The summed E-state index contributed by atoms with van der Waals surface area (Å²) in [7, 11) is -4.36. The van der Waals surface area contributed by atoms with Crippen molar-refractivity contribution in [2.24, 2.45) is 0 Å². The van der Waals surface area contributed by atoms with E-state index in [2.05, 4.69) is 16.9 Å². The van der Waals surface area contributed by atoms with Crippen LogP contribution in [-0.2, 0) is 16.3 Å². The summed E-state index contributed by atoms with van der Waals surface area (Å²) in [4.78, 5) is 21.6.